The zero-order valence-corrected chi connectivity index (χ0v) is 13.8. The van der Waals surface area contributed by atoms with E-state index in [0.29, 0.717) is 6.04 Å². The number of likely N-dealkylation sites (N-methyl/N-ethyl adjacent to an activating group) is 1. The molecule has 0 amide bonds. The van der Waals surface area contributed by atoms with E-state index in [1.54, 1.807) is 0 Å². The molecule has 0 aromatic heterocycles. The van der Waals surface area contributed by atoms with Crippen LogP contribution in [0.2, 0.25) is 5.02 Å². The highest BCUT2D eigenvalue weighted by atomic mass is 35.5. The van der Waals surface area contributed by atoms with Crippen LogP contribution in [0, 0.1) is 0 Å². The second-order valence-corrected chi connectivity index (χ2v) is 7.15. The van der Waals surface area contributed by atoms with Crippen molar-refractivity contribution in [3.05, 3.63) is 28.8 Å². The van der Waals surface area contributed by atoms with E-state index in [-0.39, 0.29) is 6.04 Å². The first-order valence-electron chi connectivity index (χ1n) is 8.05. The van der Waals surface area contributed by atoms with Gasteiger partial charge in [0.1, 0.15) is 0 Å². The van der Waals surface area contributed by atoms with Gasteiger partial charge in [0.05, 0.1) is 0 Å². The van der Waals surface area contributed by atoms with E-state index in [4.69, 9.17) is 17.3 Å². The fraction of sp³-hybridized carbons (Fsp3) is 0.647. The van der Waals surface area contributed by atoms with E-state index in [9.17, 15) is 0 Å². The maximum Gasteiger partial charge on any atom is 0.0459 e. The van der Waals surface area contributed by atoms with Crippen molar-refractivity contribution in [3.63, 3.8) is 0 Å². The van der Waals surface area contributed by atoms with Crippen molar-refractivity contribution >= 4 is 17.3 Å². The third-order valence-corrected chi connectivity index (χ3v) is 5.44. The van der Waals surface area contributed by atoms with Crippen LogP contribution in [0.4, 0.5) is 5.69 Å². The molecule has 3 unspecified atom stereocenters. The summed E-state index contributed by atoms with van der Waals surface area (Å²) in [7, 11) is 2.28. The summed E-state index contributed by atoms with van der Waals surface area (Å²) in [6.45, 7) is 4.27. The van der Waals surface area contributed by atoms with Crippen LogP contribution in [0.1, 0.15) is 31.7 Å². The molecule has 0 aliphatic carbocycles. The fourth-order valence-electron chi connectivity index (χ4n) is 3.79. The SMILES string of the molecule is CC(N)Cc1ccc(N2CCC3CCC(C2)N3C)cc1Cl. The molecule has 1 aromatic carbocycles. The molecule has 3 nitrogen and oxygen atoms in total. The Morgan fingerprint density at radius 3 is 2.76 bits per heavy atom. The first kappa shape index (κ1) is 15.1. The van der Waals surface area contributed by atoms with Crippen molar-refractivity contribution < 1.29 is 0 Å². The van der Waals surface area contributed by atoms with Crippen LogP contribution in [-0.4, -0.2) is 43.2 Å². The summed E-state index contributed by atoms with van der Waals surface area (Å²) in [4.78, 5) is 5.08. The second kappa shape index (κ2) is 6.15. The van der Waals surface area contributed by atoms with E-state index in [0.717, 1.165) is 36.1 Å². The van der Waals surface area contributed by atoms with Crippen LogP contribution in [0.15, 0.2) is 18.2 Å². The van der Waals surface area contributed by atoms with Crippen LogP contribution in [0.3, 0.4) is 0 Å². The van der Waals surface area contributed by atoms with Crippen LogP contribution >= 0.6 is 11.6 Å². The molecule has 21 heavy (non-hydrogen) atoms. The molecular weight excluding hydrogens is 282 g/mol. The third-order valence-electron chi connectivity index (χ3n) is 5.09. The molecule has 2 aliphatic rings. The molecule has 2 fully saturated rings. The molecule has 116 valence electrons. The third kappa shape index (κ3) is 3.20. The van der Waals surface area contributed by atoms with Crippen LogP contribution in [-0.2, 0) is 6.42 Å². The van der Waals surface area contributed by atoms with E-state index in [1.165, 1.54) is 24.9 Å². The van der Waals surface area contributed by atoms with Gasteiger partial charge in [-0.25, -0.2) is 0 Å². The van der Waals surface area contributed by atoms with Gasteiger partial charge in [0, 0.05) is 41.9 Å². The molecule has 0 radical (unpaired) electrons. The molecule has 4 heteroatoms. The lowest BCUT2D eigenvalue weighted by Gasteiger charge is -2.28. The van der Waals surface area contributed by atoms with Gasteiger partial charge in [0.2, 0.25) is 0 Å². The fourth-order valence-corrected chi connectivity index (χ4v) is 4.04. The highest BCUT2D eigenvalue weighted by Gasteiger charge is 2.34. The largest absolute Gasteiger partial charge is 0.370 e. The molecule has 1 aromatic rings. The van der Waals surface area contributed by atoms with Crippen molar-refractivity contribution in [2.45, 2.75) is 50.7 Å². The summed E-state index contributed by atoms with van der Waals surface area (Å²) >= 11 is 6.45. The number of nitrogens with two attached hydrogens (primary N) is 1. The number of rotatable bonds is 3. The lowest BCUT2D eigenvalue weighted by atomic mass is 10.1. The van der Waals surface area contributed by atoms with Gasteiger partial charge in [0.15, 0.2) is 0 Å². The number of hydrogen-bond donors (Lipinski definition) is 1. The van der Waals surface area contributed by atoms with Crippen LogP contribution in [0.5, 0.6) is 0 Å². The predicted molar refractivity (Wildman–Crippen MR) is 90.2 cm³/mol. The highest BCUT2D eigenvalue weighted by Crippen LogP contribution is 2.32. The predicted octanol–water partition coefficient (Wildman–Crippen LogP) is 2.90. The molecule has 2 aliphatic heterocycles. The minimum atomic E-state index is 0.149. The van der Waals surface area contributed by atoms with Crippen molar-refractivity contribution in [3.8, 4) is 0 Å². The Morgan fingerprint density at radius 2 is 2.05 bits per heavy atom. The van der Waals surface area contributed by atoms with Gasteiger partial charge in [-0.3, -0.25) is 4.90 Å². The number of nitrogens with zero attached hydrogens (tertiary/aromatic N) is 2. The number of benzene rings is 1. The van der Waals surface area contributed by atoms with E-state index in [1.807, 2.05) is 6.92 Å². The summed E-state index contributed by atoms with van der Waals surface area (Å²) in [6.07, 6.45) is 4.79. The Bertz CT molecular complexity index is 503. The molecule has 3 rings (SSSR count). The zero-order valence-electron chi connectivity index (χ0n) is 13.1. The summed E-state index contributed by atoms with van der Waals surface area (Å²) in [5.74, 6) is 0. The molecule has 0 saturated carbocycles. The Hall–Kier alpha value is -0.770. The Balaban J connectivity index is 1.76. The van der Waals surface area contributed by atoms with Gasteiger partial charge in [-0.05, 0) is 57.4 Å². The van der Waals surface area contributed by atoms with Gasteiger partial charge in [-0.1, -0.05) is 17.7 Å². The lowest BCUT2D eigenvalue weighted by molar-refractivity contribution is 0.254. The van der Waals surface area contributed by atoms with E-state index < -0.39 is 0 Å². The first-order valence-corrected chi connectivity index (χ1v) is 8.43. The average Bonchev–Trinajstić information content (AvgIpc) is 2.65. The van der Waals surface area contributed by atoms with Gasteiger partial charge >= 0.3 is 0 Å². The Morgan fingerprint density at radius 1 is 1.29 bits per heavy atom. The van der Waals surface area contributed by atoms with Crippen LogP contribution < -0.4 is 10.6 Å². The number of halogens is 1. The zero-order chi connectivity index (χ0) is 15.0. The topological polar surface area (TPSA) is 32.5 Å². The first-order chi connectivity index (χ1) is 10.0. The molecule has 2 heterocycles. The monoisotopic (exact) mass is 307 g/mol. The van der Waals surface area contributed by atoms with Gasteiger partial charge in [-0.15, -0.1) is 0 Å². The summed E-state index contributed by atoms with van der Waals surface area (Å²) in [6, 6.07) is 8.10. The van der Waals surface area contributed by atoms with E-state index >= 15 is 0 Å². The Kier molecular flexibility index (Phi) is 4.43. The standard InChI is InChI=1S/C17H26ClN3/c1-12(19)9-13-3-4-15(10-17(13)18)21-8-7-14-5-6-16(11-21)20(14)2/h3-4,10,12,14,16H,5-9,11,19H2,1-2H3. The summed E-state index contributed by atoms with van der Waals surface area (Å²) < 4.78 is 0. The number of anilines is 1. The average molecular weight is 308 g/mol. The van der Waals surface area contributed by atoms with Gasteiger partial charge in [-0.2, -0.15) is 0 Å². The summed E-state index contributed by atoms with van der Waals surface area (Å²) in [5, 5.41) is 0.854. The van der Waals surface area contributed by atoms with Gasteiger partial charge < -0.3 is 10.6 Å². The maximum atomic E-state index is 6.45. The maximum absolute atomic E-state index is 6.45. The molecular formula is C17H26ClN3. The molecule has 2 bridgehead atoms. The van der Waals surface area contributed by atoms with Crippen molar-refractivity contribution in [1.82, 2.24) is 4.90 Å². The highest BCUT2D eigenvalue weighted by molar-refractivity contribution is 6.31. The normalized spacial score (nSPS) is 27.7. The molecule has 2 saturated heterocycles. The second-order valence-electron chi connectivity index (χ2n) is 6.74. The number of hydrogen-bond acceptors (Lipinski definition) is 3. The minimum Gasteiger partial charge on any atom is -0.370 e. The van der Waals surface area contributed by atoms with Crippen molar-refractivity contribution in [2.75, 3.05) is 25.0 Å². The van der Waals surface area contributed by atoms with Gasteiger partial charge in [0.25, 0.3) is 0 Å². The number of fused-ring (bicyclic) bond motifs is 2. The smallest absolute Gasteiger partial charge is 0.0459 e. The molecule has 2 N–H and O–H groups in total. The Labute approximate surface area is 133 Å². The lowest BCUT2D eigenvalue weighted by Crippen LogP contribution is -2.36. The van der Waals surface area contributed by atoms with E-state index in [2.05, 4.69) is 35.0 Å². The van der Waals surface area contributed by atoms with Crippen molar-refractivity contribution in [1.29, 1.82) is 0 Å². The quantitative estimate of drug-likeness (QED) is 0.932. The van der Waals surface area contributed by atoms with Crippen LogP contribution in [0.25, 0.3) is 0 Å². The minimum absolute atomic E-state index is 0.149. The molecule has 3 atom stereocenters. The molecule has 0 spiro atoms. The summed E-state index contributed by atoms with van der Waals surface area (Å²) in [5.41, 5.74) is 8.29. The van der Waals surface area contributed by atoms with Crippen molar-refractivity contribution in [2.24, 2.45) is 5.73 Å².